The quantitative estimate of drug-likeness (QED) is 0.451. The van der Waals surface area contributed by atoms with Gasteiger partial charge in [-0.15, -0.1) is 10.2 Å². The van der Waals surface area contributed by atoms with Gasteiger partial charge in [0.25, 0.3) is 5.22 Å². The number of Topliss-reactive ketones (excluding diaryl/α,β-unsaturated/α-hetero) is 1. The number of hydrogen-bond donors (Lipinski definition) is 0. The summed E-state index contributed by atoms with van der Waals surface area (Å²) in [6.45, 7) is 9.88. The third kappa shape index (κ3) is 4.05. The second-order valence-electron chi connectivity index (χ2n) is 6.69. The Morgan fingerprint density at radius 2 is 1.65 bits per heavy atom. The standard InChI is InChI=1S/C21H22N2O2S/c1-12-6-7-15(4)18(11-12)19(24)16(5)26-21-23-22-20(25-21)17-9-13(2)8-14(3)10-17/h6-11,16H,1-5H3. The van der Waals surface area contributed by atoms with Gasteiger partial charge in [0.1, 0.15) is 0 Å². The van der Waals surface area contributed by atoms with E-state index in [4.69, 9.17) is 4.42 Å². The first-order chi connectivity index (χ1) is 12.3. The highest BCUT2D eigenvalue weighted by atomic mass is 32.2. The lowest BCUT2D eigenvalue weighted by atomic mass is 10.0. The Kier molecular flexibility index (Phi) is 5.28. The third-order valence-electron chi connectivity index (χ3n) is 4.18. The highest BCUT2D eigenvalue weighted by molar-refractivity contribution is 8.00. The van der Waals surface area contributed by atoms with E-state index in [1.54, 1.807) is 0 Å². The molecule has 0 saturated heterocycles. The molecule has 0 N–H and O–H groups in total. The molecule has 0 saturated carbocycles. The monoisotopic (exact) mass is 366 g/mol. The molecule has 0 aliphatic carbocycles. The molecule has 1 unspecified atom stereocenters. The number of aryl methyl sites for hydroxylation is 4. The lowest BCUT2D eigenvalue weighted by Gasteiger charge is -2.10. The predicted molar refractivity (Wildman–Crippen MR) is 105 cm³/mol. The van der Waals surface area contributed by atoms with Crippen molar-refractivity contribution in [2.45, 2.75) is 45.1 Å². The molecule has 2 aromatic carbocycles. The van der Waals surface area contributed by atoms with Gasteiger partial charge < -0.3 is 4.42 Å². The van der Waals surface area contributed by atoms with Crippen LogP contribution in [0.15, 0.2) is 46.0 Å². The normalized spacial score (nSPS) is 12.2. The Morgan fingerprint density at radius 1 is 0.962 bits per heavy atom. The smallest absolute Gasteiger partial charge is 0.277 e. The van der Waals surface area contributed by atoms with Crippen LogP contribution in [0.1, 0.15) is 39.5 Å². The first-order valence-electron chi connectivity index (χ1n) is 8.54. The van der Waals surface area contributed by atoms with Crippen molar-refractivity contribution in [1.29, 1.82) is 0 Å². The summed E-state index contributed by atoms with van der Waals surface area (Å²) >= 11 is 1.30. The average molecular weight is 366 g/mol. The minimum Gasteiger partial charge on any atom is -0.411 e. The van der Waals surface area contributed by atoms with E-state index in [0.29, 0.717) is 11.1 Å². The molecule has 134 valence electrons. The number of nitrogens with zero attached hydrogens (tertiary/aromatic N) is 2. The Labute approximate surface area is 158 Å². The van der Waals surface area contributed by atoms with E-state index >= 15 is 0 Å². The van der Waals surface area contributed by atoms with Gasteiger partial charge in [-0.2, -0.15) is 0 Å². The zero-order chi connectivity index (χ0) is 18.8. The van der Waals surface area contributed by atoms with Crippen LogP contribution in [-0.4, -0.2) is 21.2 Å². The number of aromatic nitrogens is 2. The maximum Gasteiger partial charge on any atom is 0.277 e. The molecular formula is C21H22N2O2S. The van der Waals surface area contributed by atoms with Crippen LogP contribution < -0.4 is 0 Å². The van der Waals surface area contributed by atoms with Gasteiger partial charge in [-0.3, -0.25) is 4.79 Å². The second kappa shape index (κ2) is 7.46. The Morgan fingerprint density at radius 3 is 2.35 bits per heavy atom. The molecule has 0 aliphatic heterocycles. The molecule has 0 spiro atoms. The summed E-state index contributed by atoms with van der Waals surface area (Å²) in [6, 6.07) is 12.0. The first-order valence-corrected chi connectivity index (χ1v) is 9.42. The topological polar surface area (TPSA) is 56.0 Å². The lowest BCUT2D eigenvalue weighted by molar-refractivity contribution is 0.0993. The van der Waals surface area contributed by atoms with Crippen molar-refractivity contribution in [3.63, 3.8) is 0 Å². The summed E-state index contributed by atoms with van der Waals surface area (Å²) in [4.78, 5) is 12.8. The van der Waals surface area contributed by atoms with Crippen LogP contribution in [0.4, 0.5) is 0 Å². The van der Waals surface area contributed by atoms with Crippen molar-refractivity contribution in [2.75, 3.05) is 0 Å². The number of benzene rings is 2. The van der Waals surface area contributed by atoms with Gasteiger partial charge in [0.15, 0.2) is 5.78 Å². The van der Waals surface area contributed by atoms with Crippen LogP contribution in [0.25, 0.3) is 11.5 Å². The van der Waals surface area contributed by atoms with E-state index in [0.717, 1.165) is 33.4 Å². The third-order valence-corrected chi connectivity index (χ3v) is 5.11. The largest absolute Gasteiger partial charge is 0.411 e. The number of carbonyl (C=O) groups is 1. The molecule has 0 fully saturated rings. The molecule has 0 radical (unpaired) electrons. The number of hydrogen-bond acceptors (Lipinski definition) is 5. The summed E-state index contributed by atoms with van der Waals surface area (Å²) in [5, 5.41) is 8.34. The molecular weight excluding hydrogens is 344 g/mol. The molecule has 4 nitrogen and oxygen atoms in total. The maximum atomic E-state index is 12.8. The van der Waals surface area contributed by atoms with Gasteiger partial charge in [-0.1, -0.05) is 46.7 Å². The SMILES string of the molecule is Cc1cc(C)cc(-c2nnc(SC(C)C(=O)c3cc(C)ccc3C)o2)c1. The van der Waals surface area contributed by atoms with Gasteiger partial charge in [-0.05, 0) is 58.4 Å². The second-order valence-corrected chi connectivity index (χ2v) is 7.98. The molecule has 0 bridgehead atoms. The van der Waals surface area contributed by atoms with Crippen LogP contribution in [0.2, 0.25) is 0 Å². The van der Waals surface area contributed by atoms with Gasteiger partial charge in [0.2, 0.25) is 5.89 Å². The van der Waals surface area contributed by atoms with Crippen molar-refractivity contribution in [1.82, 2.24) is 10.2 Å². The predicted octanol–water partition coefficient (Wildman–Crippen LogP) is 5.33. The van der Waals surface area contributed by atoms with Crippen LogP contribution >= 0.6 is 11.8 Å². The van der Waals surface area contributed by atoms with Crippen molar-refractivity contribution >= 4 is 17.5 Å². The number of rotatable bonds is 5. The molecule has 1 aromatic heterocycles. The van der Waals surface area contributed by atoms with E-state index in [1.807, 2.05) is 65.0 Å². The van der Waals surface area contributed by atoms with Gasteiger partial charge in [-0.25, -0.2) is 0 Å². The van der Waals surface area contributed by atoms with Gasteiger partial charge >= 0.3 is 0 Å². The lowest BCUT2D eigenvalue weighted by Crippen LogP contribution is -2.15. The molecule has 0 aliphatic rings. The molecule has 26 heavy (non-hydrogen) atoms. The summed E-state index contributed by atoms with van der Waals surface area (Å²) in [5.74, 6) is 0.549. The summed E-state index contributed by atoms with van der Waals surface area (Å²) in [7, 11) is 0. The highest BCUT2D eigenvalue weighted by Gasteiger charge is 2.21. The minimum atomic E-state index is -0.303. The average Bonchev–Trinajstić information content (AvgIpc) is 3.04. The summed E-state index contributed by atoms with van der Waals surface area (Å²) in [5.41, 5.74) is 5.99. The van der Waals surface area contributed by atoms with Crippen LogP contribution in [-0.2, 0) is 0 Å². The van der Waals surface area contributed by atoms with Crippen LogP contribution in [0.5, 0.6) is 0 Å². The van der Waals surface area contributed by atoms with E-state index < -0.39 is 0 Å². The minimum absolute atomic E-state index is 0.0716. The van der Waals surface area contributed by atoms with Crippen molar-refractivity contribution in [3.8, 4) is 11.5 Å². The Balaban J connectivity index is 1.78. The fraction of sp³-hybridized carbons (Fsp3) is 0.286. The molecule has 3 rings (SSSR count). The Bertz CT molecular complexity index is 942. The van der Waals surface area contributed by atoms with Crippen molar-refractivity contribution in [2.24, 2.45) is 0 Å². The zero-order valence-electron chi connectivity index (χ0n) is 15.7. The van der Waals surface area contributed by atoms with E-state index in [9.17, 15) is 4.79 Å². The van der Waals surface area contributed by atoms with Crippen molar-refractivity contribution in [3.05, 3.63) is 64.2 Å². The van der Waals surface area contributed by atoms with Gasteiger partial charge in [0, 0.05) is 11.1 Å². The Hall–Kier alpha value is -2.40. The maximum absolute atomic E-state index is 12.8. The molecule has 1 heterocycles. The van der Waals surface area contributed by atoms with Crippen LogP contribution in [0, 0.1) is 27.7 Å². The molecule has 5 heteroatoms. The fourth-order valence-electron chi connectivity index (χ4n) is 2.90. The number of ketones is 1. The molecule has 0 amide bonds. The van der Waals surface area contributed by atoms with Crippen LogP contribution in [0.3, 0.4) is 0 Å². The zero-order valence-corrected chi connectivity index (χ0v) is 16.5. The summed E-state index contributed by atoms with van der Waals surface area (Å²) < 4.78 is 5.78. The first kappa shape index (κ1) is 18.4. The van der Waals surface area contributed by atoms with E-state index in [-0.39, 0.29) is 11.0 Å². The van der Waals surface area contributed by atoms with E-state index in [1.165, 1.54) is 11.8 Å². The van der Waals surface area contributed by atoms with Crippen molar-refractivity contribution < 1.29 is 9.21 Å². The van der Waals surface area contributed by atoms with E-state index in [2.05, 4.69) is 16.3 Å². The fourth-order valence-corrected chi connectivity index (χ4v) is 3.65. The number of thioether (sulfide) groups is 1. The number of carbonyl (C=O) groups excluding carboxylic acids is 1. The summed E-state index contributed by atoms with van der Waals surface area (Å²) in [6.07, 6.45) is 0. The van der Waals surface area contributed by atoms with Gasteiger partial charge in [0.05, 0.1) is 5.25 Å². The molecule has 1 atom stereocenters. The highest BCUT2D eigenvalue weighted by Crippen LogP contribution is 2.29. The molecule has 3 aromatic rings.